The van der Waals surface area contributed by atoms with Gasteiger partial charge in [0.2, 0.25) is 0 Å². The molecule has 0 aliphatic heterocycles. The summed E-state index contributed by atoms with van der Waals surface area (Å²) in [7, 11) is 3.80. The van der Waals surface area contributed by atoms with Gasteiger partial charge >= 0.3 is 0 Å². The fourth-order valence-electron chi connectivity index (χ4n) is 2.49. The molecular weight excluding hydrogens is 309 g/mol. The van der Waals surface area contributed by atoms with Crippen LogP contribution >= 0.6 is 11.8 Å². The standard InChI is InChI=1S/C19H22FNOS/c1-19(21(2)3,13-14-5-9-16(20)10-6-14)18(22)15-7-11-17(23-4)12-8-15/h5-12H,13H2,1-4H3. The predicted octanol–water partition coefficient (Wildman–Crippen LogP) is 4.29. The molecule has 0 saturated heterocycles. The van der Waals surface area contributed by atoms with E-state index in [0.717, 1.165) is 10.5 Å². The minimum absolute atomic E-state index is 0.0690. The Bertz CT molecular complexity index is 667. The third kappa shape index (κ3) is 4.01. The van der Waals surface area contributed by atoms with Gasteiger partial charge in [0.25, 0.3) is 0 Å². The van der Waals surface area contributed by atoms with Crippen LogP contribution in [0.1, 0.15) is 22.8 Å². The maximum Gasteiger partial charge on any atom is 0.183 e. The van der Waals surface area contributed by atoms with Crippen LogP contribution in [-0.4, -0.2) is 36.6 Å². The first-order chi connectivity index (χ1) is 10.9. The lowest BCUT2D eigenvalue weighted by Crippen LogP contribution is -2.50. The van der Waals surface area contributed by atoms with Gasteiger partial charge < -0.3 is 0 Å². The highest BCUT2D eigenvalue weighted by molar-refractivity contribution is 7.98. The minimum atomic E-state index is -0.682. The number of ketones is 1. The number of carbonyl (C=O) groups is 1. The van der Waals surface area contributed by atoms with E-state index in [1.165, 1.54) is 12.1 Å². The molecule has 0 saturated carbocycles. The molecule has 2 aromatic carbocycles. The quantitative estimate of drug-likeness (QED) is 0.582. The molecule has 0 fully saturated rings. The second kappa shape index (κ2) is 7.28. The van der Waals surface area contributed by atoms with Gasteiger partial charge in [0.15, 0.2) is 5.78 Å². The van der Waals surface area contributed by atoms with Crippen molar-refractivity contribution in [2.75, 3.05) is 20.4 Å². The van der Waals surface area contributed by atoms with Crippen molar-refractivity contribution in [3.63, 3.8) is 0 Å². The van der Waals surface area contributed by atoms with Gasteiger partial charge in [0, 0.05) is 10.5 Å². The van der Waals surface area contributed by atoms with Crippen molar-refractivity contribution in [2.24, 2.45) is 0 Å². The Hall–Kier alpha value is -1.65. The van der Waals surface area contributed by atoms with E-state index in [2.05, 4.69) is 0 Å². The predicted molar refractivity (Wildman–Crippen MR) is 94.7 cm³/mol. The highest BCUT2D eigenvalue weighted by Crippen LogP contribution is 2.25. The zero-order valence-electron chi connectivity index (χ0n) is 14.0. The first-order valence-corrected chi connectivity index (χ1v) is 8.70. The summed E-state index contributed by atoms with van der Waals surface area (Å²) in [5.41, 5.74) is 0.955. The number of benzene rings is 2. The number of likely N-dealkylation sites (N-methyl/N-ethyl adjacent to an activating group) is 1. The van der Waals surface area contributed by atoms with Crippen LogP contribution in [0.2, 0.25) is 0 Å². The van der Waals surface area contributed by atoms with Crippen LogP contribution in [0, 0.1) is 5.82 Å². The van der Waals surface area contributed by atoms with E-state index in [1.54, 1.807) is 23.9 Å². The molecule has 0 amide bonds. The molecular formula is C19H22FNOS. The summed E-state index contributed by atoms with van der Waals surface area (Å²) >= 11 is 1.65. The molecule has 2 aromatic rings. The summed E-state index contributed by atoms with van der Waals surface area (Å²) in [6.07, 6.45) is 2.54. The summed E-state index contributed by atoms with van der Waals surface area (Å²) < 4.78 is 13.1. The van der Waals surface area contributed by atoms with E-state index in [4.69, 9.17) is 0 Å². The molecule has 0 heterocycles. The second-order valence-corrected chi connectivity index (χ2v) is 6.91. The second-order valence-electron chi connectivity index (χ2n) is 6.03. The molecule has 0 aromatic heterocycles. The average Bonchev–Trinajstić information content (AvgIpc) is 2.56. The van der Waals surface area contributed by atoms with E-state index >= 15 is 0 Å². The van der Waals surface area contributed by atoms with Crippen molar-refractivity contribution < 1.29 is 9.18 Å². The van der Waals surface area contributed by atoms with Gasteiger partial charge in [-0.15, -0.1) is 11.8 Å². The first kappa shape index (κ1) is 17.7. The molecule has 0 bridgehead atoms. The van der Waals surface area contributed by atoms with Crippen molar-refractivity contribution in [2.45, 2.75) is 23.8 Å². The molecule has 0 aliphatic carbocycles. The molecule has 1 atom stereocenters. The largest absolute Gasteiger partial charge is 0.297 e. The lowest BCUT2D eigenvalue weighted by molar-refractivity contribution is 0.0719. The maximum atomic E-state index is 13.1. The van der Waals surface area contributed by atoms with Crippen LogP contribution in [0.4, 0.5) is 4.39 Å². The molecule has 0 radical (unpaired) electrons. The number of carbonyl (C=O) groups excluding carboxylic acids is 1. The van der Waals surface area contributed by atoms with E-state index < -0.39 is 5.54 Å². The van der Waals surface area contributed by atoms with Crippen molar-refractivity contribution in [1.29, 1.82) is 0 Å². The highest BCUT2D eigenvalue weighted by atomic mass is 32.2. The van der Waals surface area contributed by atoms with Gasteiger partial charge in [-0.2, -0.15) is 0 Å². The summed E-state index contributed by atoms with van der Waals surface area (Å²) in [4.78, 5) is 16.1. The molecule has 4 heteroatoms. The van der Waals surface area contributed by atoms with Gasteiger partial charge in [0.1, 0.15) is 5.82 Å². The third-order valence-electron chi connectivity index (χ3n) is 4.29. The lowest BCUT2D eigenvalue weighted by Gasteiger charge is -2.35. The Morgan fingerprint density at radius 3 is 2.13 bits per heavy atom. The number of nitrogens with zero attached hydrogens (tertiary/aromatic N) is 1. The van der Waals surface area contributed by atoms with Gasteiger partial charge in [-0.1, -0.05) is 24.3 Å². The molecule has 122 valence electrons. The molecule has 2 nitrogen and oxygen atoms in total. The average molecular weight is 331 g/mol. The zero-order chi connectivity index (χ0) is 17.0. The van der Waals surface area contributed by atoms with Gasteiger partial charge in [-0.05, 0) is 63.5 Å². The van der Waals surface area contributed by atoms with Crippen molar-refractivity contribution >= 4 is 17.5 Å². The summed E-state index contributed by atoms with van der Waals surface area (Å²) in [6, 6.07) is 14.0. The Morgan fingerprint density at radius 1 is 1.09 bits per heavy atom. The van der Waals surface area contributed by atoms with Crippen molar-refractivity contribution in [1.82, 2.24) is 4.90 Å². The smallest absolute Gasteiger partial charge is 0.183 e. The van der Waals surface area contributed by atoms with Gasteiger partial charge in [-0.25, -0.2) is 4.39 Å². The monoisotopic (exact) mass is 331 g/mol. The SMILES string of the molecule is CSc1ccc(C(=O)C(C)(Cc2ccc(F)cc2)N(C)C)cc1. The normalized spacial score (nSPS) is 13.8. The molecule has 0 N–H and O–H groups in total. The number of hydrogen-bond donors (Lipinski definition) is 0. The molecule has 23 heavy (non-hydrogen) atoms. The van der Waals surface area contributed by atoms with Crippen LogP contribution in [-0.2, 0) is 6.42 Å². The van der Waals surface area contributed by atoms with E-state index in [9.17, 15) is 9.18 Å². The van der Waals surface area contributed by atoms with Crippen LogP contribution in [0.3, 0.4) is 0 Å². The summed E-state index contributed by atoms with van der Waals surface area (Å²) in [5, 5.41) is 0. The van der Waals surface area contributed by atoms with Crippen molar-refractivity contribution in [3.8, 4) is 0 Å². The van der Waals surface area contributed by atoms with E-state index in [1.807, 2.05) is 56.4 Å². The Balaban J connectivity index is 2.30. The van der Waals surface area contributed by atoms with Crippen LogP contribution in [0.15, 0.2) is 53.4 Å². The first-order valence-electron chi connectivity index (χ1n) is 7.47. The maximum absolute atomic E-state index is 13.1. The number of Topliss-reactive ketones (excluding diaryl/α,β-unsaturated/α-hetero) is 1. The van der Waals surface area contributed by atoms with Crippen LogP contribution < -0.4 is 0 Å². The molecule has 0 spiro atoms. The highest BCUT2D eigenvalue weighted by Gasteiger charge is 2.36. The fraction of sp³-hybridized carbons (Fsp3) is 0.316. The molecule has 2 rings (SSSR count). The number of halogens is 1. The van der Waals surface area contributed by atoms with Gasteiger partial charge in [0.05, 0.1) is 5.54 Å². The Morgan fingerprint density at radius 2 is 1.65 bits per heavy atom. The van der Waals surface area contributed by atoms with Gasteiger partial charge in [-0.3, -0.25) is 9.69 Å². The lowest BCUT2D eigenvalue weighted by atomic mass is 9.84. The topological polar surface area (TPSA) is 20.3 Å². The fourth-order valence-corrected chi connectivity index (χ4v) is 2.90. The summed E-state index contributed by atoms with van der Waals surface area (Å²) in [6.45, 7) is 1.93. The number of rotatable bonds is 6. The summed E-state index contributed by atoms with van der Waals surface area (Å²) in [5.74, 6) is -0.196. The van der Waals surface area contributed by atoms with Crippen molar-refractivity contribution in [3.05, 3.63) is 65.5 Å². The van der Waals surface area contributed by atoms with E-state index in [0.29, 0.717) is 12.0 Å². The van der Waals surface area contributed by atoms with Crippen LogP contribution in [0.25, 0.3) is 0 Å². The number of thioether (sulfide) groups is 1. The van der Waals surface area contributed by atoms with E-state index in [-0.39, 0.29) is 11.6 Å². The number of hydrogen-bond acceptors (Lipinski definition) is 3. The zero-order valence-corrected chi connectivity index (χ0v) is 14.8. The molecule has 0 aliphatic rings. The minimum Gasteiger partial charge on any atom is -0.297 e. The van der Waals surface area contributed by atoms with Crippen LogP contribution in [0.5, 0.6) is 0 Å². The Kier molecular flexibility index (Phi) is 5.60. The third-order valence-corrected chi connectivity index (χ3v) is 5.03. The Labute approximate surface area is 141 Å². The molecule has 1 unspecified atom stereocenters.